The largest absolute Gasteiger partial charge is 0.454 e. The molecule has 0 radical (unpaired) electrons. The smallest absolute Gasteiger partial charge is 0.253 e. The van der Waals surface area contributed by atoms with Crippen LogP contribution in [0.5, 0.6) is 11.5 Å². The fraction of sp³-hybridized carbons (Fsp3) is 0.417. The van der Waals surface area contributed by atoms with Gasteiger partial charge in [0.2, 0.25) is 22.7 Å². The maximum atomic E-state index is 13.2. The Bertz CT molecular complexity index is 1230. The van der Waals surface area contributed by atoms with E-state index in [1.807, 2.05) is 0 Å². The number of amides is 2. The van der Waals surface area contributed by atoms with E-state index in [4.69, 9.17) is 9.47 Å². The number of nitrogens with zero attached hydrogens (tertiary/aromatic N) is 2. The van der Waals surface area contributed by atoms with Gasteiger partial charge in [0.15, 0.2) is 11.5 Å². The van der Waals surface area contributed by atoms with Crippen molar-refractivity contribution in [2.24, 2.45) is 5.92 Å². The number of aryl methyl sites for hydroxylation is 1. The highest BCUT2D eigenvalue weighted by molar-refractivity contribution is 7.89. The summed E-state index contributed by atoms with van der Waals surface area (Å²) in [6, 6.07) is 8.44. The van der Waals surface area contributed by atoms with Crippen LogP contribution in [0.4, 0.5) is 5.69 Å². The van der Waals surface area contributed by atoms with Crippen molar-refractivity contribution < 1.29 is 27.5 Å². The van der Waals surface area contributed by atoms with Gasteiger partial charge in [0.05, 0.1) is 4.90 Å². The normalized spacial score (nSPS) is 16.1. The summed E-state index contributed by atoms with van der Waals surface area (Å²) in [5.74, 6) is 0.698. The number of likely N-dealkylation sites (tertiary alicyclic amines) is 1. The Morgan fingerprint density at radius 1 is 1.03 bits per heavy atom. The van der Waals surface area contributed by atoms with Gasteiger partial charge in [-0.3, -0.25) is 9.59 Å². The van der Waals surface area contributed by atoms with E-state index in [2.05, 4.69) is 5.32 Å². The lowest BCUT2D eigenvalue weighted by atomic mass is 9.95. The lowest BCUT2D eigenvalue weighted by Crippen LogP contribution is -2.41. The fourth-order valence-corrected chi connectivity index (χ4v) is 5.38. The van der Waals surface area contributed by atoms with Crippen LogP contribution in [0.1, 0.15) is 34.3 Å². The molecule has 0 aromatic heterocycles. The minimum absolute atomic E-state index is 0.100. The van der Waals surface area contributed by atoms with Crippen molar-refractivity contribution >= 4 is 27.5 Å². The molecular formula is C24H29N3O6S. The summed E-state index contributed by atoms with van der Waals surface area (Å²) in [4.78, 5) is 27.8. The molecule has 0 spiro atoms. The van der Waals surface area contributed by atoms with Crippen LogP contribution in [0.25, 0.3) is 0 Å². The van der Waals surface area contributed by atoms with Gasteiger partial charge < -0.3 is 19.7 Å². The maximum Gasteiger partial charge on any atom is 0.253 e. The molecule has 2 amide bonds. The van der Waals surface area contributed by atoms with E-state index in [0.717, 1.165) is 9.87 Å². The van der Waals surface area contributed by atoms with Crippen molar-refractivity contribution in [1.29, 1.82) is 0 Å². The van der Waals surface area contributed by atoms with Crippen LogP contribution in [-0.2, 0) is 14.8 Å². The highest BCUT2D eigenvalue weighted by Crippen LogP contribution is 2.34. The average molecular weight is 488 g/mol. The molecular weight excluding hydrogens is 458 g/mol. The molecule has 0 bridgehead atoms. The molecule has 4 rings (SSSR count). The van der Waals surface area contributed by atoms with E-state index in [9.17, 15) is 18.0 Å². The predicted molar refractivity (Wildman–Crippen MR) is 127 cm³/mol. The zero-order valence-corrected chi connectivity index (χ0v) is 20.6. The number of ether oxygens (including phenoxy) is 2. The first-order chi connectivity index (χ1) is 16.1. The Morgan fingerprint density at radius 3 is 2.38 bits per heavy atom. The Hall–Kier alpha value is -3.11. The van der Waals surface area contributed by atoms with Crippen molar-refractivity contribution in [3.8, 4) is 11.5 Å². The fourth-order valence-electron chi connectivity index (χ4n) is 4.16. The van der Waals surface area contributed by atoms with Crippen molar-refractivity contribution in [2.75, 3.05) is 39.3 Å². The molecule has 0 unspecified atom stereocenters. The number of sulfonamides is 1. The molecule has 10 heteroatoms. The van der Waals surface area contributed by atoms with Gasteiger partial charge in [-0.15, -0.1) is 0 Å². The summed E-state index contributed by atoms with van der Waals surface area (Å²) in [6.45, 7) is 4.54. The van der Waals surface area contributed by atoms with Gasteiger partial charge in [-0.1, -0.05) is 0 Å². The first kappa shape index (κ1) is 24.0. The van der Waals surface area contributed by atoms with Crippen LogP contribution < -0.4 is 14.8 Å². The number of anilines is 1. The molecule has 2 heterocycles. The van der Waals surface area contributed by atoms with Gasteiger partial charge in [-0.25, -0.2) is 12.7 Å². The van der Waals surface area contributed by atoms with E-state index in [1.54, 1.807) is 43.0 Å². The third kappa shape index (κ3) is 4.60. The number of piperidine rings is 1. The van der Waals surface area contributed by atoms with Gasteiger partial charge in [-0.2, -0.15) is 0 Å². The number of nitrogens with one attached hydrogen (secondary N) is 1. The Kier molecular flexibility index (Phi) is 6.55. The van der Waals surface area contributed by atoms with Gasteiger partial charge in [0.25, 0.3) is 5.91 Å². The average Bonchev–Trinajstić information content (AvgIpc) is 3.28. The third-order valence-electron chi connectivity index (χ3n) is 6.42. The van der Waals surface area contributed by atoms with Crippen LogP contribution >= 0.6 is 0 Å². The summed E-state index contributed by atoms with van der Waals surface area (Å²) in [5.41, 5.74) is 2.35. The molecule has 0 saturated carbocycles. The number of fused-ring (bicyclic) bond motifs is 1. The summed E-state index contributed by atoms with van der Waals surface area (Å²) in [6.07, 6.45) is 1.05. The zero-order valence-electron chi connectivity index (χ0n) is 19.8. The predicted octanol–water partition coefficient (Wildman–Crippen LogP) is 2.77. The Labute approximate surface area is 199 Å². The van der Waals surface area contributed by atoms with E-state index >= 15 is 0 Å². The molecule has 1 saturated heterocycles. The van der Waals surface area contributed by atoms with Gasteiger partial charge in [0, 0.05) is 50.4 Å². The molecule has 0 atom stereocenters. The van der Waals surface area contributed by atoms with Crippen LogP contribution in [0.2, 0.25) is 0 Å². The molecule has 9 nitrogen and oxygen atoms in total. The number of rotatable bonds is 5. The first-order valence-corrected chi connectivity index (χ1v) is 12.6. The van der Waals surface area contributed by atoms with Crippen molar-refractivity contribution in [3.05, 3.63) is 47.0 Å². The van der Waals surface area contributed by atoms with Crippen molar-refractivity contribution in [2.45, 2.75) is 31.6 Å². The molecule has 2 aromatic rings. The van der Waals surface area contributed by atoms with Crippen molar-refractivity contribution in [3.63, 3.8) is 0 Å². The number of hydrogen-bond acceptors (Lipinski definition) is 6. The summed E-state index contributed by atoms with van der Waals surface area (Å²) in [7, 11) is -0.737. The number of carbonyl (C=O) groups is 2. The van der Waals surface area contributed by atoms with Gasteiger partial charge in [-0.05, 0) is 62.1 Å². The SMILES string of the molecule is Cc1cc(C(=O)N2CCC(C(=O)Nc3ccc4c(c3)OCO4)CC2)cc(S(=O)(=O)N(C)C)c1C. The third-order valence-corrected chi connectivity index (χ3v) is 8.36. The standard InChI is InChI=1S/C24H29N3O6S/c1-15-11-18(12-22(16(15)2)34(30,31)26(3)4)24(29)27-9-7-17(8-10-27)23(28)25-19-5-6-20-21(13-19)33-14-32-20/h5-6,11-13,17H,7-10,14H2,1-4H3,(H,25,28). The molecule has 1 fully saturated rings. The Morgan fingerprint density at radius 2 is 1.71 bits per heavy atom. The van der Waals surface area contributed by atoms with E-state index in [1.165, 1.54) is 20.2 Å². The van der Waals surface area contributed by atoms with Crippen LogP contribution in [-0.4, -0.2) is 63.4 Å². The van der Waals surface area contributed by atoms with Crippen LogP contribution in [0, 0.1) is 19.8 Å². The lowest BCUT2D eigenvalue weighted by molar-refractivity contribution is -0.121. The molecule has 2 aliphatic heterocycles. The second-order valence-electron chi connectivity index (χ2n) is 8.83. The zero-order chi connectivity index (χ0) is 24.6. The minimum Gasteiger partial charge on any atom is -0.454 e. The molecule has 34 heavy (non-hydrogen) atoms. The Balaban J connectivity index is 1.42. The highest BCUT2D eigenvalue weighted by Gasteiger charge is 2.30. The van der Waals surface area contributed by atoms with E-state index < -0.39 is 10.0 Å². The number of hydrogen-bond donors (Lipinski definition) is 1. The second kappa shape index (κ2) is 9.27. The van der Waals surface area contributed by atoms with Crippen LogP contribution in [0.3, 0.4) is 0 Å². The highest BCUT2D eigenvalue weighted by atomic mass is 32.2. The van der Waals surface area contributed by atoms with Crippen LogP contribution in [0.15, 0.2) is 35.2 Å². The number of carbonyl (C=O) groups excluding carboxylic acids is 2. The topological polar surface area (TPSA) is 105 Å². The monoisotopic (exact) mass is 487 g/mol. The summed E-state index contributed by atoms with van der Waals surface area (Å²) in [5, 5.41) is 2.92. The quantitative estimate of drug-likeness (QED) is 0.695. The lowest BCUT2D eigenvalue weighted by Gasteiger charge is -2.31. The van der Waals surface area contributed by atoms with E-state index in [0.29, 0.717) is 54.2 Å². The summed E-state index contributed by atoms with van der Waals surface area (Å²) < 4.78 is 37.2. The molecule has 2 aromatic carbocycles. The number of benzene rings is 2. The minimum atomic E-state index is -3.68. The van der Waals surface area contributed by atoms with Crippen molar-refractivity contribution in [1.82, 2.24) is 9.21 Å². The maximum absolute atomic E-state index is 13.2. The molecule has 1 N–H and O–H groups in total. The molecule has 182 valence electrons. The summed E-state index contributed by atoms with van der Waals surface area (Å²) >= 11 is 0. The molecule has 0 aliphatic carbocycles. The molecule has 2 aliphatic rings. The van der Waals surface area contributed by atoms with E-state index in [-0.39, 0.29) is 29.4 Å². The second-order valence-corrected chi connectivity index (χ2v) is 10.9. The van der Waals surface area contributed by atoms with Gasteiger partial charge >= 0.3 is 0 Å². The van der Waals surface area contributed by atoms with Gasteiger partial charge in [0.1, 0.15) is 0 Å². The first-order valence-electron chi connectivity index (χ1n) is 11.1.